The molecule has 0 saturated heterocycles. The molecule has 0 amide bonds. The Hall–Kier alpha value is -0.820. The summed E-state index contributed by atoms with van der Waals surface area (Å²) in [6, 6.07) is 8.93. The van der Waals surface area contributed by atoms with E-state index in [0.717, 1.165) is 19.0 Å². The van der Waals surface area contributed by atoms with E-state index < -0.39 is 0 Å². The van der Waals surface area contributed by atoms with Crippen LogP contribution in [0.25, 0.3) is 0 Å². The predicted molar refractivity (Wildman–Crippen MR) is 71.8 cm³/mol. The first-order valence-electron chi connectivity index (χ1n) is 6.48. The number of hydrogen-bond donors (Lipinski definition) is 1. The van der Waals surface area contributed by atoms with Gasteiger partial charge < -0.3 is 5.32 Å². The van der Waals surface area contributed by atoms with Crippen molar-refractivity contribution in [1.82, 2.24) is 5.32 Å². The average Bonchev–Trinajstić information content (AvgIpc) is 2.29. The van der Waals surface area contributed by atoms with Crippen molar-refractivity contribution >= 4 is 0 Å². The third-order valence-electron chi connectivity index (χ3n) is 3.11. The van der Waals surface area contributed by atoms with Gasteiger partial charge in [0.25, 0.3) is 0 Å². The molecule has 1 aromatic carbocycles. The lowest BCUT2D eigenvalue weighted by molar-refractivity contribution is 0.474. The van der Waals surface area contributed by atoms with Crippen molar-refractivity contribution in [2.75, 3.05) is 13.1 Å². The number of aryl methyl sites for hydroxylation is 2. The van der Waals surface area contributed by atoms with Gasteiger partial charge in [-0.15, -0.1) is 0 Å². The molecule has 0 spiro atoms. The van der Waals surface area contributed by atoms with Gasteiger partial charge >= 0.3 is 0 Å². The van der Waals surface area contributed by atoms with Gasteiger partial charge in [0.2, 0.25) is 0 Å². The van der Waals surface area contributed by atoms with E-state index in [1.165, 1.54) is 30.4 Å². The topological polar surface area (TPSA) is 12.0 Å². The Kier molecular flexibility index (Phi) is 6.17. The van der Waals surface area contributed by atoms with Crippen molar-refractivity contribution < 1.29 is 0 Å². The molecule has 1 heteroatoms. The molecule has 1 atom stereocenters. The normalized spacial score (nSPS) is 12.7. The lowest BCUT2D eigenvalue weighted by Gasteiger charge is -2.11. The fourth-order valence-corrected chi connectivity index (χ4v) is 1.84. The maximum Gasteiger partial charge on any atom is -0.00465 e. The third kappa shape index (κ3) is 5.32. The van der Waals surface area contributed by atoms with Crippen LogP contribution in [0, 0.1) is 12.8 Å². The Morgan fingerprint density at radius 1 is 1.12 bits per heavy atom. The van der Waals surface area contributed by atoms with Gasteiger partial charge in [-0.2, -0.15) is 0 Å². The van der Waals surface area contributed by atoms with Crippen LogP contribution in [-0.2, 0) is 6.42 Å². The van der Waals surface area contributed by atoms with Crippen molar-refractivity contribution in [3.05, 3.63) is 35.4 Å². The number of rotatable bonds is 7. The van der Waals surface area contributed by atoms with Crippen LogP contribution in [0.15, 0.2) is 24.3 Å². The van der Waals surface area contributed by atoms with Crippen LogP contribution in [0.3, 0.4) is 0 Å². The van der Waals surface area contributed by atoms with Crippen LogP contribution in [0.1, 0.15) is 37.8 Å². The third-order valence-corrected chi connectivity index (χ3v) is 3.11. The number of benzene rings is 1. The van der Waals surface area contributed by atoms with Gasteiger partial charge in [-0.1, -0.05) is 43.7 Å². The Labute approximate surface area is 100 Å². The zero-order chi connectivity index (χ0) is 11.8. The highest BCUT2D eigenvalue weighted by Gasteiger charge is 2.02. The fraction of sp³-hybridized carbons (Fsp3) is 0.600. The second-order valence-corrected chi connectivity index (χ2v) is 4.77. The first-order chi connectivity index (χ1) is 7.72. The van der Waals surface area contributed by atoms with Gasteiger partial charge in [0, 0.05) is 0 Å². The first kappa shape index (κ1) is 13.2. The molecule has 16 heavy (non-hydrogen) atoms. The van der Waals surface area contributed by atoms with E-state index in [1.807, 2.05) is 0 Å². The van der Waals surface area contributed by atoms with E-state index in [4.69, 9.17) is 0 Å². The summed E-state index contributed by atoms with van der Waals surface area (Å²) >= 11 is 0. The van der Waals surface area contributed by atoms with Crippen LogP contribution < -0.4 is 5.32 Å². The maximum absolute atomic E-state index is 3.38. The van der Waals surface area contributed by atoms with Crippen molar-refractivity contribution in [1.29, 1.82) is 0 Å². The average molecular weight is 219 g/mol. The molecule has 0 radical (unpaired) electrons. The molecule has 1 N–H and O–H groups in total. The molecule has 0 saturated carbocycles. The van der Waals surface area contributed by atoms with Crippen LogP contribution >= 0.6 is 0 Å². The summed E-state index contributed by atoms with van der Waals surface area (Å²) in [7, 11) is 0. The van der Waals surface area contributed by atoms with Crippen LogP contribution in [0.2, 0.25) is 0 Å². The van der Waals surface area contributed by atoms with E-state index in [2.05, 4.69) is 50.4 Å². The van der Waals surface area contributed by atoms with Crippen molar-refractivity contribution in [2.24, 2.45) is 5.92 Å². The monoisotopic (exact) mass is 219 g/mol. The molecule has 0 aliphatic rings. The van der Waals surface area contributed by atoms with E-state index in [9.17, 15) is 0 Å². The summed E-state index contributed by atoms with van der Waals surface area (Å²) < 4.78 is 0. The Bertz CT molecular complexity index is 276. The van der Waals surface area contributed by atoms with Gasteiger partial charge in [0.05, 0.1) is 0 Å². The maximum atomic E-state index is 3.38. The zero-order valence-electron chi connectivity index (χ0n) is 10.9. The molecule has 0 aliphatic carbocycles. The minimum Gasteiger partial charge on any atom is -0.317 e. The molecule has 0 bridgehead atoms. The van der Waals surface area contributed by atoms with Gasteiger partial charge in [-0.05, 0) is 50.8 Å². The molecule has 0 aromatic heterocycles. The van der Waals surface area contributed by atoms with E-state index >= 15 is 0 Å². The SMILES string of the molecule is CCNCCC(C)CCc1ccc(C)cc1. The standard InChI is InChI=1S/C15H25N/c1-4-16-12-11-14(3)7-10-15-8-5-13(2)6-9-15/h5-6,8-9,14,16H,4,7,10-12H2,1-3H3. The predicted octanol–water partition coefficient (Wildman–Crippen LogP) is 3.56. The highest BCUT2D eigenvalue weighted by molar-refractivity contribution is 5.21. The summed E-state index contributed by atoms with van der Waals surface area (Å²) in [5, 5.41) is 3.38. The largest absolute Gasteiger partial charge is 0.317 e. The molecule has 1 unspecified atom stereocenters. The molecule has 0 fully saturated rings. The molecule has 0 heterocycles. The molecule has 1 nitrogen and oxygen atoms in total. The first-order valence-corrected chi connectivity index (χ1v) is 6.48. The fourth-order valence-electron chi connectivity index (χ4n) is 1.84. The molecule has 1 rings (SSSR count). The summed E-state index contributed by atoms with van der Waals surface area (Å²) in [6.07, 6.45) is 3.81. The second kappa shape index (κ2) is 7.45. The summed E-state index contributed by atoms with van der Waals surface area (Å²) in [5.74, 6) is 0.820. The summed E-state index contributed by atoms with van der Waals surface area (Å²) in [4.78, 5) is 0. The van der Waals surface area contributed by atoms with Gasteiger partial charge in [0.1, 0.15) is 0 Å². The Balaban J connectivity index is 2.20. The molecule has 90 valence electrons. The molecule has 0 aliphatic heterocycles. The van der Waals surface area contributed by atoms with E-state index in [1.54, 1.807) is 0 Å². The minimum atomic E-state index is 0.820. The van der Waals surface area contributed by atoms with Crippen LogP contribution in [0.5, 0.6) is 0 Å². The highest BCUT2D eigenvalue weighted by atomic mass is 14.8. The van der Waals surface area contributed by atoms with Crippen LogP contribution in [0.4, 0.5) is 0 Å². The van der Waals surface area contributed by atoms with Crippen molar-refractivity contribution in [3.8, 4) is 0 Å². The van der Waals surface area contributed by atoms with Gasteiger partial charge in [-0.3, -0.25) is 0 Å². The zero-order valence-corrected chi connectivity index (χ0v) is 10.9. The second-order valence-electron chi connectivity index (χ2n) is 4.77. The lowest BCUT2D eigenvalue weighted by Crippen LogP contribution is -2.16. The smallest absolute Gasteiger partial charge is 0.00465 e. The molecular formula is C15H25N. The van der Waals surface area contributed by atoms with Crippen molar-refractivity contribution in [2.45, 2.75) is 40.0 Å². The van der Waals surface area contributed by atoms with Crippen molar-refractivity contribution in [3.63, 3.8) is 0 Å². The Morgan fingerprint density at radius 3 is 2.44 bits per heavy atom. The highest BCUT2D eigenvalue weighted by Crippen LogP contribution is 2.12. The van der Waals surface area contributed by atoms with Gasteiger partial charge in [-0.25, -0.2) is 0 Å². The van der Waals surface area contributed by atoms with Crippen LogP contribution in [-0.4, -0.2) is 13.1 Å². The van der Waals surface area contributed by atoms with E-state index in [-0.39, 0.29) is 0 Å². The van der Waals surface area contributed by atoms with E-state index in [0.29, 0.717) is 0 Å². The molecular weight excluding hydrogens is 194 g/mol. The quantitative estimate of drug-likeness (QED) is 0.691. The lowest BCUT2D eigenvalue weighted by atomic mass is 9.98. The number of hydrogen-bond acceptors (Lipinski definition) is 1. The summed E-state index contributed by atoms with van der Waals surface area (Å²) in [5.41, 5.74) is 2.82. The summed E-state index contributed by atoms with van der Waals surface area (Å²) in [6.45, 7) is 8.90. The molecule has 1 aromatic rings. The minimum absolute atomic E-state index is 0.820. The van der Waals surface area contributed by atoms with Gasteiger partial charge in [0.15, 0.2) is 0 Å². The Morgan fingerprint density at radius 2 is 1.81 bits per heavy atom. The number of nitrogens with one attached hydrogen (secondary N) is 1.